The van der Waals surface area contributed by atoms with E-state index in [0.29, 0.717) is 17.1 Å². The zero-order valence-electron chi connectivity index (χ0n) is 12.8. The predicted octanol–water partition coefficient (Wildman–Crippen LogP) is 2.91. The Bertz CT molecular complexity index is 707. The van der Waals surface area contributed by atoms with Gasteiger partial charge in [0.15, 0.2) is 0 Å². The number of imidazole rings is 1. The number of fused-ring (bicyclic) bond motifs is 3. The second-order valence-electron chi connectivity index (χ2n) is 7.35. The van der Waals surface area contributed by atoms with Gasteiger partial charge in [-0.2, -0.15) is 4.98 Å². The summed E-state index contributed by atoms with van der Waals surface area (Å²) in [5.41, 5.74) is 7.15. The number of rotatable bonds is 2. The number of nitrogens with zero attached hydrogens (tertiary/aromatic N) is 3. The Labute approximate surface area is 124 Å². The Balaban J connectivity index is 1.72. The van der Waals surface area contributed by atoms with Gasteiger partial charge in [0.1, 0.15) is 11.9 Å². The summed E-state index contributed by atoms with van der Waals surface area (Å²) >= 11 is 0. The molecule has 3 unspecified atom stereocenters. The van der Waals surface area contributed by atoms with Crippen molar-refractivity contribution in [1.29, 1.82) is 0 Å². The van der Waals surface area contributed by atoms with Gasteiger partial charge in [-0.05, 0) is 30.6 Å². The van der Waals surface area contributed by atoms with Crippen molar-refractivity contribution in [3.05, 3.63) is 18.6 Å². The third kappa shape index (κ3) is 1.57. The van der Waals surface area contributed by atoms with Crippen LogP contribution in [0.1, 0.15) is 40.0 Å². The molecule has 0 amide bonds. The molecule has 2 aromatic rings. The smallest absolute Gasteiger partial charge is 0.260 e. The van der Waals surface area contributed by atoms with Crippen LogP contribution in [0.4, 0.5) is 5.82 Å². The highest BCUT2D eigenvalue weighted by Crippen LogP contribution is 2.66. The first kappa shape index (κ1) is 12.9. The molecule has 2 aliphatic carbocycles. The monoisotopic (exact) mass is 286 g/mol. The molecule has 2 aliphatic rings. The minimum absolute atomic E-state index is 0.195. The SMILES string of the molecule is CC1(C)C2CCC1(C)C(Oc1nc(N)cn3ccnc13)C2. The molecule has 21 heavy (non-hydrogen) atoms. The van der Waals surface area contributed by atoms with E-state index in [-0.39, 0.29) is 11.5 Å². The zero-order chi connectivity index (χ0) is 14.8. The van der Waals surface area contributed by atoms with E-state index < -0.39 is 0 Å². The van der Waals surface area contributed by atoms with Crippen LogP contribution in [-0.4, -0.2) is 20.5 Å². The lowest BCUT2D eigenvalue weighted by molar-refractivity contribution is 0.0281. The van der Waals surface area contributed by atoms with E-state index in [0.717, 1.165) is 18.0 Å². The molecule has 2 aromatic heterocycles. The molecule has 0 spiro atoms. The van der Waals surface area contributed by atoms with Crippen LogP contribution < -0.4 is 10.5 Å². The van der Waals surface area contributed by atoms with Gasteiger partial charge in [-0.25, -0.2) is 4.98 Å². The maximum atomic E-state index is 6.33. The van der Waals surface area contributed by atoms with E-state index in [1.54, 1.807) is 12.4 Å². The Morgan fingerprint density at radius 1 is 1.38 bits per heavy atom. The lowest BCUT2D eigenvalue weighted by Gasteiger charge is -2.38. The minimum atomic E-state index is 0.195. The molecule has 2 saturated carbocycles. The highest BCUT2D eigenvalue weighted by molar-refractivity contribution is 5.52. The molecular weight excluding hydrogens is 264 g/mol. The van der Waals surface area contributed by atoms with Crippen molar-refractivity contribution in [2.24, 2.45) is 16.7 Å². The summed E-state index contributed by atoms with van der Waals surface area (Å²) in [6.07, 6.45) is 9.22. The van der Waals surface area contributed by atoms with Gasteiger partial charge in [0, 0.05) is 17.8 Å². The van der Waals surface area contributed by atoms with E-state index in [1.165, 1.54) is 12.8 Å². The molecule has 0 saturated heterocycles. The van der Waals surface area contributed by atoms with Crippen LogP contribution in [0.5, 0.6) is 5.88 Å². The number of ether oxygens (including phenoxy) is 1. The summed E-state index contributed by atoms with van der Waals surface area (Å²) in [4.78, 5) is 8.71. The largest absolute Gasteiger partial charge is 0.471 e. The lowest BCUT2D eigenvalue weighted by Crippen LogP contribution is -2.39. The van der Waals surface area contributed by atoms with Gasteiger partial charge in [-0.15, -0.1) is 0 Å². The summed E-state index contributed by atoms with van der Waals surface area (Å²) in [6, 6.07) is 0. The molecule has 2 bridgehead atoms. The second-order valence-corrected chi connectivity index (χ2v) is 7.35. The molecule has 3 atom stereocenters. The topological polar surface area (TPSA) is 65.4 Å². The van der Waals surface area contributed by atoms with Crippen molar-refractivity contribution in [2.75, 3.05) is 5.73 Å². The van der Waals surface area contributed by atoms with Crippen molar-refractivity contribution < 1.29 is 4.74 Å². The van der Waals surface area contributed by atoms with Crippen LogP contribution in [0.2, 0.25) is 0 Å². The van der Waals surface area contributed by atoms with E-state index in [9.17, 15) is 0 Å². The normalized spacial score (nSPS) is 33.7. The predicted molar refractivity (Wildman–Crippen MR) is 81.0 cm³/mol. The number of hydrogen-bond acceptors (Lipinski definition) is 4. The fourth-order valence-corrected chi connectivity index (χ4v) is 4.44. The number of nitrogen functional groups attached to an aromatic ring is 1. The maximum Gasteiger partial charge on any atom is 0.260 e. The first-order valence-electron chi connectivity index (χ1n) is 7.68. The van der Waals surface area contributed by atoms with E-state index >= 15 is 0 Å². The van der Waals surface area contributed by atoms with E-state index in [2.05, 4.69) is 30.7 Å². The first-order valence-corrected chi connectivity index (χ1v) is 7.68. The molecule has 2 heterocycles. The summed E-state index contributed by atoms with van der Waals surface area (Å²) in [7, 11) is 0. The van der Waals surface area contributed by atoms with Crippen molar-refractivity contribution in [1.82, 2.24) is 14.4 Å². The van der Waals surface area contributed by atoms with Crippen molar-refractivity contribution in [3.63, 3.8) is 0 Å². The highest BCUT2D eigenvalue weighted by atomic mass is 16.5. The van der Waals surface area contributed by atoms with E-state index in [4.69, 9.17) is 10.5 Å². The van der Waals surface area contributed by atoms with Gasteiger partial charge in [0.05, 0.1) is 6.20 Å². The van der Waals surface area contributed by atoms with Crippen LogP contribution in [0.3, 0.4) is 0 Å². The Morgan fingerprint density at radius 2 is 2.19 bits per heavy atom. The second kappa shape index (κ2) is 3.90. The molecule has 4 rings (SSSR count). The van der Waals surface area contributed by atoms with Gasteiger partial charge in [0.2, 0.25) is 5.65 Å². The Hall–Kier alpha value is -1.78. The van der Waals surface area contributed by atoms with Crippen molar-refractivity contribution in [2.45, 2.75) is 46.1 Å². The lowest BCUT2D eigenvalue weighted by atomic mass is 9.70. The summed E-state index contributed by atoms with van der Waals surface area (Å²) in [5, 5.41) is 0. The van der Waals surface area contributed by atoms with E-state index in [1.807, 2.05) is 10.6 Å². The number of aromatic nitrogens is 3. The molecular formula is C16H22N4O. The number of hydrogen-bond donors (Lipinski definition) is 1. The maximum absolute atomic E-state index is 6.33. The third-order valence-corrected chi connectivity index (χ3v) is 6.33. The van der Waals surface area contributed by atoms with Gasteiger partial charge in [-0.3, -0.25) is 4.40 Å². The van der Waals surface area contributed by atoms with Crippen LogP contribution in [-0.2, 0) is 0 Å². The average Bonchev–Trinajstić information content (AvgIpc) is 3.01. The Morgan fingerprint density at radius 3 is 2.86 bits per heavy atom. The summed E-state index contributed by atoms with van der Waals surface area (Å²) in [5.74, 6) is 1.77. The number of anilines is 1. The summed E-state index contributed by atoms with van der Waals surface area (Å²) in [6.45, 7) is 7.12. The summed E-state index contributed by atoms with van der Waals surface area (Å²) < 4.78 is 8.20. The standard InChI is InChI=1S/C16H22N4O/c1-15(2)10-4-5-16(15,3)11(8-10)21-14-13-18-6-7-20(13)9-12(17)19-14/h6-7,9-11H,4-5,8,17H2,1-3H3. The van der Waals surface area contributed by atoms with Gasteiger partial charge < -0.3 is 10.5 Å². The molecule has 0 radical (unpaired) electrons. The molecule has 5 heteroatoms. The van der Waals surface area contributed by atoms with Gasteiger partial charge in [-0.1, -0.05) is 20.8 Å². The fraction of sp³-hybridized carbons (Fsp3) is 0.625. The van der Waals surface area contributed by atoms with Crippen LogP contribution in [0.25, 0.3) is 5.65 Å². The quantitative estimate of drug-likeness (QED) is 0.922. The van der Waals surface area contributed by atoms with Gasteiger partial charge >= 0.3 is 0 Å². The van der Waals surface area contributed by atoms with Crippen molar-refractivity contribution in [3.8, 4) is 5.88 Å². The molecule has 2 N–H and O–H groups in total. The van der Waals surface area contributed by atoms with Crippen LogP contribution in [0.15, 0.2) is 18.6 Å². The van der Waals surface area contributed by atoms with Gasteiger partial charge in [0.25, 0.3) is 5.88 Å². The number of nitrogens with two attached hydrogens (primary N) is 1. The molecule has 5 nitrogen and oxygen atoms in total. The highest BCUT2D eigenvalue weighted by Gasteiger charge is 2.62. The minimum Gasteiger partial charge on any atom is -0.471 e. The van der Waals surface area contributed by atoms with Crippen LogP contribution >= 0.6 is 0 Å². The zero-order valence-corrected chi connectivity index (χ0v) is 12.8. The fourth-order valence-electron chi connectivity index (χ4n) is 4.44. The first-order chi connectivity index (χ1) is 9.92. The third-order valence-electron chi connectivity index (χ3n) is 6.33. The molecule has 112 valence electrons. The molecule has 0 aromatic carbocycles. The van der Waals surface area contributed by atoms with Crippen molar-refractivity contribution >= 4 is 11.5 Å². The average molecular weight is 286 g/mol. The Kier molecular flexibility index (Phi) is 2.40. The molecule has 2 fully saturated rings. The van der Waals surface area contributed by atoms with Crippen LogP contribution in [0, 0.1) is 16.7 Å². The molecule has 0 aliphatic heterocycles.